The van der Waals surface area contributed by atoms with E-state index in [0.717, 1.165) is 28.9 Å². The van der Waals surface area contributed by atoms with Gasteiger partial charge in [-0.2, -0.15) is 0 Å². The summed E-state index contributed by atoms with van der Waals surface area (Å²) in [5, 5.41) is 5.68. The number of ether oxygens (including phenoxy) is 2. The highest BCUT2D eigenvalue weighted by Crippen LogP contribution is 2.32. The summed E-state index contributed by atoms with van der Waals surface area (Å²) in [5.41, 5.74) is 4.73. The first-order chi connectivity index (χ1) is 17.6. The smallest absolute Gasteiger partial charge is 0.258 e. The molecule has 0 atom stereocenters. The van der Waals surface area contributed by atoms with Crippen LogP contribution in [0.15, 0.2) is 66.9 Å². The topological polar surface area (TPSA) is 118 Å². The van der Waals surface area contributed by atoms with Crippen molar-refractivity contribution in [2.45, 2.75) is 13.0 Å². The zero-order chi connectivity index (χ0) is 24.9. The maximum absolute atomic E-state index is 12.2. The van der Waals surface area contributed by atoms with Crippen LogP contribution in [0, 0.1) is 0 Å². The van der Waals surface area contributed by atoms with E-state index in [-0.39, 0.29) is 18.4 Å². The zero-order valence-corrected chi connectivity index (χ0v) is 19.7. The van der Waals surface area contributed by atoms with Gasteiger partial charge in [0.2, 0.25) is 0 Å². The lowest BCUT2D eigenvalue weighted by molar-refractivity contribution is -0.123. The number of rotatable bonds is 8. The van der Waals surface area contributed by atoms with Crippen molar-refractivity contribution in [2.24, 2.45) is 0 Å². The molecule has 0 bridgehead atoms. The Morgan fingerprint density at radius 1 is 1.08 bits per heavy atom. The second-order valence-electron chi connectivity index (χ2n) is 8.26. The highest BCUT2D eigenvalue weighted by atomic mass is 16.5. The zero-order valence-electron chi connectivity index (χ0n) is 19.7. The maximum Gasteiger partial charge on any atom is 0.258 e. The summed E-state index contributed by atoms with van der Waals surface area (Å²) in [6.45, 7) is 0.907. The predicted octanol–water partition coefficient (Wildman–Crippen LogP) is 3.13. The Morgan fingerprint density at radius 2 is 1.94 bits per heavy atom. The molecule has 2 aromatic heterocycles. The van der Waals surface area contributed by atoms with E-state index in [4.69, 9.17) is 9.47 Å². The Bertz CT molecular complexity index is 1400. The van der Waals surface area contributed by atoms with E-state index in [9.17, 15) is 9.59 Å². The Hall–Kier alpha value is -4.66. The normalized spacial score (nSPS) is 12.4. The molecule has 36 heavy (non-hydrogen) atoms. The van der Waals surface area contributed by atoms with Gasteiger partial charge in [-0.05, 0) is 35.9 Å². The minimum absolute atomic E-state index is 0.0814. The molecular weight excluding hydrogens is 458 g/mol. The molecule has 0 unspecified atom stereocenters. The molecule has 0 aliphatic carbocycles. The molecule has 9 heteroatoms. The third-order valence-corrected chi connectivity index (χ3v) is 5.85. The SMILES string of the molecule is COc1cc(-c2nccc(-c3cc4c([nH]3)CCNC4=O)n2)ccc1OCC(=O)NCc1ccccc1. The van der Waals surface area contributed by atoms with Crippen LogP contribution in [-0.2, 0) is 17.8 Å². The van der Waals surface area contributed by atoms with E-state index in [0.29, 0.717) is 41.7 Å². The highest BCUT2D eigenvalue weighted by molar-refractivity contribution is 5.97. The molecule has 4 aromatic rings. The summed E-state index contributed by atoms with van der Waals surface area (Å²) < 4.78 is 11.2. The average Bonchev–Trinajstić information content (AvgIpc) is 3.37. The second kappa shape index (κ2) is 10.3. The van der Waals surface area contributed by atoms with Crippen LogP contribution in [0.25, 0.3) is 22.8 Å². The van der Waals surface area contributed by atoms with Crippen LogP contribution in [0.5, 0.6) is 11.5 Å². The number of fused-ring (bicyclic) bond motifs is 1. The molecule has 3 N–H and O–H groups in total. The number of hydrogen-bond donors (Lipinski definition) is 3. The van der Waals surface area contributed by atoms with Crippen LogP contribution in [0.3, 0.4) is 0 Å². The number of nitrogens with zero attached hydrogens (tertiary/aromatic N) is 2. The minimum atomic E-state index is -0.233. The van der Waals surface area contributed by atoms with Crippen LogP contribution in [0.2, 0.25) is 0 Å². The molecule has 2 aromatic carbocycles. The summed E-state index contributed by atoms with van der Waals surface area (Å²) in [6, 6.07) is 18.6. The van der Waals surface area contributed by atoms with Crippen molar-refractivity contribution in [1.29, 1.82) is 0 Å². The molecule has 0 spiro atoms. The van der Waals surface area contributed by atoms with E-state index < -0.39 is 0 Å². The van der Waals surface area contributed by atoms with Crippen molar-refractivity contribution in [1.82, 2.24) is 25.6 Å². The molecule has 0 saturated heterocycles. The predicted molar refractivity (Wildman–Crippen MR) is 134 cm³/mol. The first kappa shape index (κ1) is 23.1. The van der Waals surface area contributed by atoms with E-state index in [1.807, 2.05) is 42.5 Å². The summed E-state index contributed by atoms with van der Waals surface area (Å²) in [5.74, 6) is 1.08. The molecule has 9 nitrogen and oxygen atoms in total. The number of carbonyl (C=O) groups is 2. The van der Waals surface area contributed by atoms with E-state index in [1.54, 1.807) is 24.4 Å². The van der Waals surface area contributed by atoms with E-state index in [2.05, 4.69) is 25.6 Å². The molecule has 3 heterocycles. The van der Waals surface area contributed by atoms with Gasteiger partial charge < -0.3 is 25.1 Å². The first-order valence-corrected chi connectivity index (χ1v) is 11.6. The van der Waals surface area contributed by atoms with Crippen molar-refractivity contribution < 1.29 is 19.1 Å². The Labute approximate surface area is 207 Å². The Morgan fingerprint density at radius 3 is 2.75 bits per heavy atom. The molecule has 0 saturated carbocycles. The molecule has 1 aliphatic rings. The largest absolute Gasteiger partial charge is 0.493 e. The number of H-pyrrole nitrogens is 1. The molecule has 2 amide bonds. The van der Waals surface area contributed by atoms with Gasteiger partial charge in [0, 0.05) is 37.0 Å². The Balaban J connectivity index is 1.28. The number of carbonyl (C=O) groups excluding carboxylic acids is 2. The number of nitrogens with one attached hydrogen (secondary N) is 3. The molecule has 0 fully saturated rings. The van der Waals surface area contributed by atoms with Crippen LogP contribution in [-0.4, -0.2) is 47.0 Å². The van der Waals surface area contributed by atoms with Crippen molar-refractivity contribution in [3.05, 3.63) is 83.7 Å². The fourth-order valence-corrected chi connectivity index (χ4v) is 4.00. The highest BCUT2D eigenvalue weighted by Gasteiger charge is 2.20. The van der Waals surface area contributed by atoms with Gasteiger partial charge in [0.15, 0.2) is 23.9 Å². The van der Waals surface area contributed by atoms with Gasteiger partial charge in [-0.25, -0.2) is 9.97 Å². The number of benzene rings is 2. The van der Waals surface area contributed by atoms with Gasteiger partial charge >= 0.3 is 0 Å². The van der Waals surface area contributed by atoms with Gasteiger partial charge in [0.1, 0.15) is 0 Å². The van der Waals surface area contributed by atoms with Gasteiger partial charge in [-0.15, -0.1) is 0 Å². The summed E-state index contributed by atoms with van der Waals surface area (Å²) in [6.07, 6.45) is 2.42. The average molecular weight is 484 g/mol. The first-order valence-electron chi connectivity index (χ1n) is 11.6. The van der Waals surface area contributed by atoms with Crippen LogP contribution in [0.4, 0.5) is 0 Å². The second-order valence-corrected chi connectivity index (χ2v) is 8.26. The lowest BCUT2D eigenvalue weighted by Crippen LogP contribution is -2.31. The number of amides is 2. The van der Waals surface area contributed by atoms with Crippen molar-refractivity contribution in [3.63, 3.8) is 0 Å². The van der Waals surface area contributed by atoms with E-state index in [1.165, 1.54) is 7.11 Å². The quantitative estimate of drug-likeness (QED) is 0.354. The van der Waals surface area contributed by atoms with Gasteiger partial charge in [-0.3, -0.25) is 9.59 Å². The number of methoxy groups -OCH3 is 1. The molecular formula is C27H25N5O4. The Kier molecular flexibility index (Phi) is 6.61. The molecule has 0 radical (unpaired) electrons. The molecule has 182 valence electrons. The standard InChI is InChI=1S/C27H25N5O4/c1-35-24-13-18(7-8-23(24)36-16-25(33)30-15-17-5-3-2-4-6-17)26-28-11-10-21(32-26)22-14-19-20(31-22)9-12-29-27(19)34/h2-8,10-11,13-14,31H,9,12,15-16H2,1H3,(H,29,34)(H,30,33). The summed E-state index contributed by atoms with van der Waals surface area (Å²) in [4.78, 5) is 36.7. The lowest BCUT2D eigenvalue weighted by atomic mass is 10.1. The van der Waals surface area contributed by atoms with Gasteiger partial charge in [0.05, 0.1) is 24.1 Å². The maximum atomic E-state index is 12.2. The van der Waals surface area contributed by atoms with Crippen molar-refractivity contribution in [2.75, 3.05) is 20.3 Å². The van der Waals surface area contributed by atoms with Gasteiger partial charge in [-0.1, -0.05) is 30.3 Å². The minimum Gasteiger partial charge on any atom is -0.493 e. The van der Waals surface area contributed by atoms with Crippen LogP contribution < -0.4 is 20.1 Å². The van der Waals surface area contributed by atoms with Crippen LogP contribution >= 0.6 is 0 Å². The third kappa shape index (κ3) is 5.05. The van der Waals surface area contributed by atoms with Gasteiger partial charge in [0.25, 0.3) is 11.8 Å². The third-order valence-electron chi connectivity index (χ3n) is 5.85. The number of aromatic amines is 1. The van der Waals surface area contributed by atoms with E-state index >= 15 is 0 Å². The number of aromatic nitrogens is 3. The van der Waals surface area contributed by atoms with Crippen molar-refractivity contribution >= 4 is 11.8 Å². The molecule has 5 rings (SSSR count). The fraction of sp³-hybridized carbons (Fsp3) is 0.185. The molecule has 1 aliphatic heterocycles. The summed E-state index contributed by atoms with van der Waals surface area (Å²) in [7, 11) is 1.53. The fourth-order valence-electron chi connectivity index (χ4n) is 4.00. The summed E-state index contributed by atoms with van der Waals surface area (Å²) >= 11 is 0. The lowest BCUT2D eigenvalue weighted by Gasteiger charge is -2.12. The monoisotopic (exact) mass is 483 g/mol. The van der Waals surface area contributed by atoms with Crippen molar-refractivity contribution in [3.8, 4) is 34.3 Å². The van der Waals surface area contributed by atoms with Crippen LogP contribution in [0.1, 0.15) is 21.6 Å². The number of hydrogen-bond acceptors (Lipinski definition) is 6.